The van der Waals surface area contributed by atoms with Crippen LogP contribution in [0.2, 0.25) is 0 Å². The lowest BCUT2D eigenvalue weighted by Crippen LogP contribution is -2.14. The molecule has 1 saturated carbocycles. The molecule has 0 spiro atoms. The fourth-order valence-electron chi connectivity index (χ4n) is 4.31. The molecule has 1 aliphatic carbocycles. The van der Waals surface area contributed by atoms with Crippen LogP contribution in [0.4, 0.5) is 11.5 Å². The highest BCUT2D eigenvalue weighted by Crippen LogP contribution is 2.38. The Bertz CT molecular complexity index is 1260. The number of methoxy groups -OCH3 is 1. The summed E-state index contributed by atoms with van der Waals surface area (Å²) in [5.41, 5.74) is 9.17. The van der Waals surface area contributed by atoms with Gasteiger partial charge in [0.15, 0.2) is 5.65 Å². The minimum Gasteiger partial charge on any atom is -0.495 e. The Labute approximate surface area is 189 Å². The number of amides is 1. The third-order valence-electron chi connectivity index (χ3n) is 5.85. The lowest BCUT2D eigenvalue weighted by molar-refractivity contribution is -0.115. The van der Waals surface area contributed by atoms with Gasteiger partial charge in [0.1, 0.15) is 23.6 Å². The van der Waals surface area contributed by atoms with E-state index < -0.39 is 0 Å². The first kappa shape index (κ1) is 20.4. The molecule has 0 aliphatic heterocycles. The molecule has 9 heteroatoms. The van der Waals surface area contributed by atoms with Gasteiger partial charge < -0.3 is 15.8 Å². The molecular weight excluding hydrogens is 424 g/mol. The highest BCUT2D eigenvalue weighted by Gasteiger charge is 2.25. The van der Waals surface area contributed by atoms with E-state index in [1.807, 2.05) is 40.4 Å². The number of nitrogens with two attached hydrogens (primary N) is 1. The first-order valence-electron chi connectivity index (χ1n) is 10.6. The minimum atomic E-state index is -0.0906. The van der Waals surface area contributed by atoms with Crippen molar-refractivity contribution < 1.29 is 9.53 Å². The monoisotopic (exact) mass is 448 g/mol. The number of anilines is 2. The molecule has 1 amide bonds. The maximum Gasteiger partial charge on any atom is 0.229 e. The summed E-state index contributed by atoms with van der Waals surface area (Å²) in [5, 5.41) is 10.6. The lowest BCUT2D eigenvalue weighted by Gasteiger charge is -2.12. The SMILES string of the molecule is COc1cc(-c2nn(C3CCCC3)c3ncnc(N)c23)ccc1NC(=O)Cc1cccs1. The summed E-state index contributed by atoms with van der Waals surface area (Å²) in [7, 11) is 1.58. The number of ether oxygens (including phenoxy) is 1. The van der Waals surface area contributed by atoms with E-state index in [4.69, 9.17) is 15.6 Å². The Morgan fingerprint density at radius 1 is 1.28 bits per heavy atom. The summed E-state index contributed by atoms with van der Waals surface area (Å²) < 4.78 is 7.58. The van der Waals surface area contributed by atoms with Crippen molar-refractivity contribution in [3.05, 3.63) is 46.9 Å². The van der Waals surface area contributed by atoms with Gasteiger partial charge in [0.25, 0.3) is 0 Å². The van der Waals surface area contributed by atoms with Gasteiger partial charge in [-0.3, -0.25) is 4.79 Å². The molecule has 0 radical (unpaired) electrons. The Morgan fingerprint density at radius 2 is 2.12 bits per heavy atom. The van der Waals surface area contributed by atoms with E-state index in [0.29, 0.717) is 29.7 Å². The van der Waals surface area contributed by atoms with Crippen LogP contribution in [0.1, 0.15) is 36.6 Å². The van der Waals surface area contributed by atoms with Crippen LogP contribution in [0.15, 0.2) is 42.0 Å². The maximum atomic E-state index is 12.5. The number of thiophene rings is 1. The summed E-state index contributed by atoms with van der Waals surface area (Å²) in [4.78, 5) is 22.2. The van der Waals surface area contributed by atoms with E-state index >= 15 is 0 Å². The number of hydrogen-bond donors (Lipinski definition) is 2. The molecule has 3 N–H and O–H groups in total. The molecule has 1 aliphatic rings. The number of nitrogens with zero attached hydrogens (tertiary/aromatic N) is 4. The van der Waals surface area contributed by atoms with Gasteiger partial charge in [-0.05, 0) is 36.4 Å². The number of hydrogen-bond acceptors (Lipinski definition) is 7. The second kappa shape index (κ2) is 8.58. The van der Waals surface area contributed by atoms with E-state index in [0.717, 1.165) is 40.0 Å². The van der Waals surface area contributed by atoms with Gasteiger partial charge >= 0.3 is 0 Å². The van der Waals surface area contributed by atoms with Crippen molar-refractivity contribution in [2.24, 2.45) is 0 Å². The largest absolute Gasteiger partial charge is 0.495 e. The molecule has 0 saturated heterocycles. The summed E-state index contributed by atoms with van der Waals surface area (Å²) >= 11 is 1.56. The molecule has 5 rings (SSSR count). The van der Waals surface area contributed by atoms with Crippen LogP contribution in [0.5, 0.6) is 5.75 Å². The second-order valence-corrected chi connectivity index (χ2v) is 8.94. The van der Waals surface area contributed by atoms with Crippen LogP contribution in [0.3, 0.4) is 0 Å². The number of fused-ring (bicyclic) bond motifs is 1. The first-order chi connectivity index (χ1) is 15.6. The molecule has 164 valence electrons. The Kier molecular flexibility index (Phi) is 5.48. The highest BCUT2D eigenvalue weighted by molar-refractivity contribution is 7.10. The zero-order valence-corrected chi connectivity index (χ0v) is 18.6. The van der Waals surface area contributed by atoms with Crippen LogP contribution in [0, 0.1) is 0 Å². The van der Waals surface area contributed by atoms with Crippen LogP contribution < -0.4 is 15.8 Å². The average Bonchev–Trinajstić information content (AvgIpc) is 3.55. The molecule has 0 unspecified atom stereocenters. The highest BCUT2D eigenvalue weighted by atomic mass is 32.1. The maximum absolute atomic E-state index is 12.5. The van der Waals surface area contributed by atoms with Crippen molar-refractivity contribution in [3.8, 4) is 17.0 Å². The normalized spacial score (nSPS) is 14.2. The van der Waals surface area contributed by atoms with Crippen molar-refractivity contribution in [1.82, 2.24) is 19.7 Å². The zero-order chi connectivity index (χ0) is 22.1. The van der Waals surface area contributed by atoms with E-state index in [1.54, 1.807) is 18.4 Å². The van der Waals surface area contributed by atoms with Gasteiger partial charge in [-0.2, -0.15) is 5.10 Å². The summed E-state index contributed by atoms with van der Waals surface area (Å²) in [6.45, 7) is 0. The number of nitrogen functional groups attached to an aromatic ring is 1. The fourth-order valence-corrected chi connectivity index (χ4v) is 5.01. The van der Waals surface area contributed by atoms with Crippen molar-refractivity contribution in [3.63, 3.8) is 0 Å². The number of carbonyl (C=O) groups is 1. The fraction of sp³-hybridized carbons (Fsp3) is 0.304. The number of rotatable bonds is 6. The molecule has 32 heavy (non-hydrogen) atoms. The molecular formula is C23H24N6O2S. The Balaban J connectivity index is 1.50. The Morgan fingerprint density at radius 3 is 2.88 bits per heavy atom. The smallest absolute Gasteiger partial charge is 0.229 e. The van der Waals surface area contributed by atoms with Crippen LogP contribution in [0.25, 0.3) is 22.3 Å². The molecule has 8 nitrogen and oxygen atoms in total. The average molecular weight is 449 g/mol. The number of carbonyl (C=O) groups excluding carboxylic acids is 1. The van der Waals surface area contributed by atoms with E-state index in [1.165, 1.54) is 19.2 Å². The van der Waals surface area contributed by atoms with Gasteiger partial charge in [0, 0.05) is 10.4 Å². The predicted molar refractivity (Wildman–Crippen MR) is 126 cm³/mol. The molecule has 0 atom stereocenters. The van der Waals surface area contributed by atoms with Gasteiger partial charge in [-0.15, -0.1) is 11.3 Å². The van der Waals surface area contributed by atoms with E-state index in [9.17, 15) is 4.79 Å². The van der Waals surface area contributed by atoms with Crippen molar-refractivity contribution >= 4 is 39.8 Å². The topological polar surface area (TPSA) is 108 Å². The molecule has 3 heterocycles. The summed E-state index contributed by atoms with van der Waals surface area (Å²) in [6.07, 6.45) is 6.36. The number of nitrogens with one attached hydrogen (secondary N) is 1. The van der Waals surface area contributed by atoms with Crippen molar-refractivity contribution in [2.75, 3.05) is 18.2 Å². The Hall–Kier alpha value is -3.46. The van der Waals surface area contributed by atoms with Crippen molar-refractivity contribution in [2.45, 2.75) is 38.1 Å². The number of benzene rings is 1. The summed E-state index contributed by atoms with van der Waals surface area (Å²) in [6, 6.07) is 9.82. The van der Waals surface area contributed by atoms with Crippen LogP contribution in [-0.4, -0.2) is 32.8 Å². The van der Waals surface area contributed by atoms with E-state index in [2.05, 4.69) is 15.3 Å². The number of aromatic nitrogens is 4. The van der Waals surface area contributed by atoms with Gasteiger partial charge in [-0.1, -0.05) is 25.0 Å². The standard InChI is InChI=1S/C23H24N6O2S/c1-31-18-11-14(8-9-17(18)27-19(30)12-16-7-4-10-32-16)21-20-22(24)25-13-26-23(20)29(28-21)15-5-2-3-6-15/h4,7-11,13,15H,2-3,5-6,12H2,1H3,(H,27,30)(H2,24,25,26). The second-order valence-electron chi connectivity index (χ2n) is 7.91. The third-order valence-corrected chi connectivity index (χ3v) is 6.73. The molecule has 4 aromatic rings. The van der Waals surface area contributed by atoms with E-state index in [-0.39, 0.29) is 5.91 Å². The molecule has 1 fully saturated rings. The zero-order valence-electron chi connectivity index (χ0n) is 17.7. The molecule has 3 aromatic heterocycles. The quantitative estimate of drug-likeness (QED) is 0.451. The first-order valence-corrected chi connectivity index (χ1v) is 11.5. The van der Waals surface area contributed by atoms with Gasteiger partial charge in [-0.25, -0.2) is 14.6 Å². The minimum absolute atomic E-state index is 0.0906. The molecule has 0 bridgehead atoms. The van der Waals surface area contributed by atoms with Crippen molar-refractivity contribution in [1.29, 1.82) is 0 Å². The van der Waals surface area contributed by atoms with Crippen LogP contribution in [-0.2, 0) is 11.2 Å². The predicted octanol–water partition coefficient (Wildman–Crippen LogP) is 4.44. The van der Waals surface area contributed by atoms with Gasteiger partial charge in [0.05, 0.1) is 30.6 Å². The summed E-state index contributed by atoms with van der Waals surface area (Å²) in [5.74, 6) is 0.870. The van der Waals surface area contributed by atoms with Crippen LogP contribution >= 0.6 is 11.3 Å². The third kappa shape index (κ3) is 3.80. The van der Waals surface area contributed by atoms with Gasteiger partial charge in [0.2, 0.25) is 5.91 Å². The lowest BCUT2D eigenvalue weighted by atomic mass is 10.1. The molecule has 1 aromatic carbocycles.